The molecule has 0 radical (unpaired) electrons. The molecule has 3 aliphatic rings. The lowest BCUT2D eigenvalue weighted by molar-refractivity contribution is -0.146. The second-order valence-corrected chi connectivity index (χ2v) is 9.55. The third kappa shape index (κ3) is 3.73. The minimum absolute atomic E-state index is 0.172. The molecule has 0 N–H and O–H groups in total. The van der Waals surface area contributed by atoms with Crippen LogP contribution in [0.3, 0.4) is 0 Å². The summed E-state index contributed by atoms with van der Waals surface area (Å²) in [6.07, 6.45) is 5.70. The van der Waals surface area contributed by atoms with Gasteiger partial charge in [0.05, 0.1) is 19.6 Å². The van der Waals surface area contributed by atoms with Crippen molar-refractivity contribution in [1.29, 1.82) is 0 Å². The lowest BCUT2D eigenvalue weighted by Crippen LogP contribution is -2.50. The molecule has 1 amide bonds. The Kier molecular flexibility index (Phi) is 6.07. The monoisotopic (exact) mass is 404 g/mol. The number of likely N-dealkylation sites (tertiary alicyclic amines) is 2. The number of para-hydroxylation sites is 1. The number of thioether (sulfide) groups is 1. The predicted molar refractivity (Wildman–Crippen MR) is 113 cm³/mol. The number of ether oxygens (including phenoxy) is 2. The molecule has 0 aliphatic carbocycles. The summed E-state index contributed by atoms with van der Waals surface area (Å²) in [5.74, 6) is 4.34. The average molecular weight is 405 g/mol. The van der Waals surface area contributed by atoms with Crippen molar-refractivity contribution in [3.05, 3.63) is 23.8 Å². The van der Waals surface area contributed by atoms with E-state index in [-0.39, 0.29) is 5.41 Å². The number of nitrogens with zero attached hydrogens (tertiary/aromatic N) is 2. The zero-order chi connectivity index (χ0) is 19.6. The summed E-state index contributed by atoms with van der Waals surface area (Å²) >= 11 is 2.07. The Morgan fingerprint density at radius 3 is 2.71 bits per heavy atom. The third-order valence-corrected chi connectivity index (χ3v) is 7.81. The molecule has 5 nitrogen and oxygen atoms in total. The lowest BCUT2D eigenvalue weighted by Gasteiger charge is -2.40. The van der Waals surface area contributed by atoms with Crippen molar-refractivity contribution in [2.45, 2.75) is 44.7 Å². The van der Waals surface area contributed by atoms with Gasteiger partial charge in [0.1, 0.15) is 0 Å². The van der Waals surface area contributed by atoms with Crippen molar-refractivity contribution >= 4 is 17.7 Å². The number of amides is 1. The maximum Gasteiger partial charge on any atom is 0.230 e. The molecule has 3 aliphatic heterocycles. The quantitative estimate of drug-likeness (QED) is 0.752. The molecule has 0 bridgehead atoms. The highest BCUT2D eigenvalue weighted by Crippen LogP contribution is 2.43. The number of hydrogen-bond donors (Lipinski definition) is 0. The van der Waals surface area contributed by atoms with Gasteiger partial charge in [0.15, 0.2) is 11.5 Å². The van der Waals surface area contributed by atoms with Crippen LogP contribution in [-0.2, 0) is 11.3 Å². The summed E-state index contributed by atoms with van der Waals surface area (Å²) < 4.78 is 11.0. The fourth-order valence-electron chi connectivity index (χ4n) is 5.23. The first kappa shape index (κ1) is 19.9. The van der Waals surface area contributed by atoms with Crippen molar-refractivity contribution in [2.75, 3.05) is 45.4 Å². The van der Waals surface area contributed by atoms with Crippen LogP contribution in [0, 0.1) is 5.41 Å². The van der Waals surface area contributed by atoms with E-state index in [1.165, 1.54) is 24.3 Å². The number of benzene rings is 1. The predicted octanol–water partition coefficient (Wildman–Crippen LogP) is 3.41. The van der Waals surface area contributed by atoms with E-state index in [0.717, 1.165) is 56.0 Å². The van der Waals surface area contributed by atoms with Crippen molar-refractivity contribution in [3.63, 3.8) is 0 Å². The summed E-state index contributed by atoms with van der Waals surface area (Å²) in [5.41, 5.74) is 0.848. The second-order valence-electron chi connectivity index (χ2n) is 8.33. The Hall–Kier alpha value is -1.40. The molecule has 28 heavy (non-hydrogen) atoms. The molecule has 3 fully saturated rings. The first-order chi connectivity index (χ1) is 13.7. The van der Waals surface area contributed by atoms with E-state index in [0.29, 0.717) is 18.5 Å². The van der Waals surface area contributed by atoms with Crippen LogP contribution in [0.5, 0.6) is 11.5 Å². The standard InChI is InChI=1S/C22H32N2O3S/c1-26-19-6-3-5-17(20(19)27-2)15-23-11-4-9-22(21(23)25)10-12-24(16-22)18-7-13-28-14-8-18/h3,5-6,18H,4,7-16H2,1-2H3/t22-/m0/s1. The molecule has 0 aromatic heterocycles. The van der Waals surface area contributed by atoms with Gasteiger partial charge in [0.25, 0.3) is 0 Å². The highest BCUT2D eigenvalue weighted by Gasteiger charge is 2.49. The van der Waals surface area contributed by atoms with Crippen LogP contribution in [0.4, 0.5) is 0 Å². The van der Waals surface area contributed by atoms with Crippen molar-refractivity contribution < 1.29 is 14.3 Å². The zero-order valence-electron chi connectivity index (χ0n) is 17.1. The molecular formula is C22H32N2O3S. The molecule has 3 saturated heterocycles. The van der Waals surface area contributed by atoms with Gasteiger partial charge in [0.2, 0.25) is 5.91 Å². The van der Waals surface area contributed by atoms with Gasteiger partial charge in [-0.15, -0.1) is 0 Å². The number of hydrogen-bond acceptors (Lipinski definition) is 5. The molecule has 0 saturated carbocycles. The first-order valence-corrected chi connectivity index (χ1v) is 11.6. The van der Waals surface area contributed by atoms with Gasteiger partial charge in [-0.3, -0.25) is 9.69 Å². The van der Waals surface area contributed by atoms with E-state index in [9.17, 15) is 4.79 Å². The zero-order valence-corrected chi connectivity index (χ0v) is 17.9. The third-order valence-electron chi connectivity index (χ3n) is 6.76. The molecule has 0 unspecified atom stereocenters. The SMILES string of the molecule is COc1cccc(CN2CCC[C@@]3(CCN(C4CCSCC4)C3)C2=O)c1OC. The van der Waals surface area contributed by atoms with E-state index in [1.54, 1.807) is 14.2 Å². The van der Waals surface area contributed by atoms with Crippen LogP contribution in [0.2, 0.25) is 0 Å². The molecule has 6 heteroatoms. The first-order valence-electron chi connectivity index (χ1n) is 10.5. The smallest absolute Gasteiger partial charge is 0.230 e. The van der Waals surface area contributed by atoms with E-state index >= 15 is 0 Å². The molecule has 1 spiro atoms. The molecule has 1 aromatic carbocycles. The summed E-state index contributed by atoms with van der Waals surface area (Å²) in [6, 6.07) is 6.59. The summed E-state index contributed by atoms with van der Waals surface area (Å²) in [7, 11) is 3.32. The highest BCUT2D eigenvalue weighted by molar-refractivity contribution is 7.99. The number of carbonyl (C=O) groups excluding carboxylic acids is 1. The summed E-state index contributed by atoms with van der Waals surface area (Å²) in [6.45, 7) is 3.46. The minimum atomic E-state index is -0.172. The number of piperidine rings is 1. The van der Waals surface area contributed by atoms with Crippen LogP contribution in [0.25, 0.3) is 0 Å². The molecule has 154 valence electrons. The van der Waals surface area contributed by atoms with Gasteiger partial charge in [-0.1, -0.05) is 12.1 Å². The highest BCUT2D eigenvalue weighted by atomic mass is 32.2. The minimum Gasteiger partial charge on any atom is -0.493 e. The summed E-state index contributed by atoms with van der Waals surface area (Å²) in [5, 5.41) is 0. The van der Waals surface area contributed by atoms with Crippen molar-refractivity contribution in [1.82, 2.24) is 9.80 Å². The van der Waals surface area contributed by atoms with Gasteiger partial charge in [-0.05, 0) is 56.2 Å². The Bertz CT molecular complexity index is 707. The largest absolute Gasteiger partial charge is 0.493 e. The number of methoxy groups -OCH3 is 2. The molecule has 3 heterocycles. The second kappa shape index (κ2) is 8.54. The molecule has 4 rings (SSSR count). The van der Waals surface area contributed by atoms with E-state index < -0.39 is 0 Å². The van der Waals surface area contributed by atoms with Gasteiger partial charge in [-0.25, -0.2) is 0 Å². The summed E-state index contributed by atoms with van der Waals surface area (Å²) in [4.78, 5) is 18.2. The Morgan fingerprint density at radius 1 is 1.14 bits per heavy atom. The molecule has 1 aromatic rings. The number of rotatable bonds is 5. The maximum absolute atomic E-state index is 13.6. The molecular weight excluding hydrogens is 372 g/mol. The Labute approximate surface area is 172 Å². The van der Waals surface area contributed by atoms with Crippen LogP contribution in [-0.4, -0.2) is 67.1 Å². The van der Waals surface area contributed by atoms with Crippen LogP contribution >= 0.6 is 11.8 Å². The van der Waals surface area contributed by atoms with Gasteiger partial charge < -0.3 is 14.4 Å². The topological polar surface area (TPSA) is 42.0 Å². The van der Waals surface area contributed by atoms with E-state index in [2.05, 4.69) is 21.6 Å². The fourth-order valence-corrected chi connectivity index (χ4v) is 6.31. The normalized spacial score (nSPS) is 26.8. The van der Waals surface area contributed by atoms with Crippen molar-refractivity contribution in [3.8, 4) is 11.5 Å². The van der Waals surface area contributed by atoms with Crippen molar-refractivity contribution in [2.24, 2.45) is 5.41 Å². The molecule has 1 atom stereocenters. The number of carbonyl (C=O) groups is 1. The van der Waals surface area contributed by atoms with Crippen LogP contribution < -0.4 is 9.47 Å². The Balaban J connectivity index is 1.48. The van der Waals surface area contributed by atoms with E-state index in [4.69, 9.17) is 9.47 Å². The fraction of sp³-hybridized carbons (Fsp3) is 0.682. The maximum atomic E-state index is 13.6. The van der Waals surface area contributed by atoms with E-state index in [1.807, 2.05) is 18.2 Å². The van der Waals surface area contributed by atoms with Crippen LogP contribution in [0.1, 0.15) is 37.7 Å². The van der Waals surface area contributed by atoms with Gasteiger partial charge >= 0.3 is 0 Å². The van der Waals surface area contributed by atoms with Gasteiger partial charge in [-0.2, -0.15) is 11.8 Å². The lowest BCUT2D eigenvalue weighted by atomic mass is 9.78. The van der Waals surface area contributed by atoms with Gasteiger partial charge in [0, 0.05) is 31.2 Å². The van der Waals surface area contributed by atoms with Crippen LogP contribution in [0.15, 0.2) is 18.2 Å². The Morgan fingerprint density at radius 2 is 1.96 bits per heavy atom. The average Bonchev–Trinajstić information content (AvgIpc) is 3.17.